The predicted octanol–water partition coefficient (Wildman–Crippen LogP) is 0.977. The number of anilines is 1. The first-order valence-corrected chi connectivity index (χ1v) is 7.12. The summed E-state index contributed by atoms with van der Waals surface area (Å²) >= 11 is 5.94. The maximum atomic E-state index is 12.5. The topological polar surface area (TPSA) is 86.7 Å². The Hall–Kier alpha value is -2.19. The fourth-order valence-corrected chi connectivity index (χ4v) is 3.39. The van der Waals surface area contributed by atoms with Crippen molar-refractivity contribution in [2.24, 2.45) is 0 Å². The van der Waals surface area contributed by atoms with E-state index in [-0.39, 0.29) is 14.8 Å². The smallest absolute Gasteiger partial charge is 0.323 e. The van der Waals surface area contributed by atoms with Crippen molar-refractivity contribution in [3.63, 3.8) is 0 Å². The highest BCUT2D eigenvalue weighted by molar-refractivity contribution is 8.27. The molecule has 2 aliphatic heterocycles. The number of aliphatic carboxylic acids is 1. The van der Waals surface area contributed by atoms with Crippen LogP contribution in [-0.2, 0) is 14.4 Å². The summed E-state index contributed by atoms with van der Waals surface area (Å²) in [6.07, 6.45) is 0. The third kappa shape index (κ3) is 2.22. The van der Waals surface area contributed by atoms with Crippen LogP contribution >= 0.6 is 24.0 Å². The Morgan fingerprint density at radius 1 is 1.33 bits per heavy atom. The minimum atomic E-state index is -1.12. The molecule has 2 amide bonds. The number of carboxylic acids is 1. The van der Waals surface area contributed by atoms with Gasteiger partial charge in [0.25, 0.3) is 11.8 Å². The fourth-order valence-electron chi connectivity index (χ4n) is 2.27. The van der Waals surface area contributed by atoms with Crippen LogP contribution in [0.3, 0.4) is 0 Å². The molecule has 2 heterocycles. The van der Waals surface area contributed by atoms with Crippen LogP contribution in [0, 0.1) is 0 Å². The molecule has 8 heteroatoms. The summed E-state index contributed by atoms with van der Waals surface area (Å²) in [7, 11) is 0. The monoisotopic (exact) mass is 320 g/mol. The maximum Gasteiger partial charge on any atom is 0.323 e. The van der Waals surface area contributed by atoms with Gasteiger partial charge in [-0.15, -0.1) is 0 Å². The van der Waals surface area contributed by atoms with Crippen LogP contribution in [-0.4, -0.2) is 33.8 Å². The molecule has 6 nitrogen and oxygen atoms in total. The van der Waals surface area contributed by atoms with Gasteiger partial charge in [-0.1, -0.05) is 42.2 Å². The van der Waals surface area contributed by atoms with E-state index in [0.29, 0.717) is 11.3 Å². The lowest BCUT2D eigenvalue weighted by Crippen LogP contribution is -2.32. The molecule has 1 aromatic carbocycles. The molecule has 21 heavy (non-hydrogen) atoms. The number of carbonyl (C=O) groups is 3. The first kappa shape index (κ1) is 13.8. The zero-order valence-electron chi connectivity index (χ0n) is 10.5. The van der Waals surface area contributed by atoms with Crippen LogP contribution in [0.25, 0.3) is 5.57 Å². The van der Waals surface area contributed by atoms with Crippen LogP contribution in [0.15, 0.2) is 29.2 Å². The van der Waals surface area contributed by atoms with Crippen molar-refractivity contribution in [3.05, 3.63) is 34.7 Å². The van der Waals surface area contributed by atoms with Gasteiger partial charge in [0, 0.05) is 5.56 Å². The third-order valence-electron chi connectivity index (χ3n) is 3.06. The minimum Gasteiger partial charge on any atom is -0.480 e. The largest absolute Gasteiger partial charge is 0.480 e. The molecule has 0 bridgehead atoms. The van der Waals surface area contributed by atoms with Crippen molar-refractivity contribution in [2.75, 3.05) is 11.4 Å². The lowest BCUT2D eigenvalue weighted by atomic mass is 10.1. The summed E-state index contributed by atoms with van der Waals surface area (Å²) in [6, 6.07) is 6.78. The van der Waals surface area contributed by atoms with Gasteiger partial charge >= 0.3 is 5.97 Å². The average Bonchev–Trinajstić information content (AvgIpc) is 2.88. The number of thiocarbonyl (C=S) groups is 1. The minimum absolute atomic E-state index is 0.203. The van der Waals surface area contributed by atoms with Gasteiger partial charge in [0.2, 0.25) is 0 Å². The van der Waals surface area contributed by atoms with Crippen molar-refractivity contribution in [1.82, 2.24) is 5.32 Å². The number of thioether (sulfide) groups is 1. The molecule has 2 N–H and O–H groups in total. The van der Waals surface area contributed by atoms with Crippen molar-refractivity contribution in [3.8, 4) is 0 Å². The molecule has 1 aromatic rings. The van der Waals surface area contributed by atoms with E-state index in [1.807, 2.05) is 0 Å². The highest BCUT2D eigenvalue weighted by Crippen LogP contribution is 2.42. The molecule has 1 fully saturated rings. The summed E-state index contributed by atoms with van der Waals surface area (Å²) in [5.41, 5.74) is 1.24. The van der Waals surface area contributed by atoms with E-state index in [2.05, 4.69) is 5.32 Å². The number of nitrogens with zero attached hydrogens (tertiary/aromatic N) is 1. The number of hydrogen-bond acceptors (Lipinski definition) is 5. The normalized spacial score (nSPS) is 20.8. The molecular formula is C13H8N2O4S2. The number of carbonyl (C=O) groups excluding carboxylic acids is 2. The van der Waals surface area contributed by atoms with Crippen molar-refractivity contribution in [2.45, 2.75) is 0 Å². The number of nitrogens with one attached hydrogen (secondary N) is 1. The first-order chi connectivity index (χ1) is 9.99. The summed E-state index contributed by atoms with van der Waals surface area (Å²) in [6.45, 7) is -0.455. The number of fused-ring (bicyclic) bond motifs is 1. The van der Waals surface area contributed by atoms with E-state index in [1.54, 1.807) is 24.3 Å². The summed E-state index contributed by atoms with van der Waals surface area (Å²) < 4.78 is 0.282. The van der Waals surface area contributed by atoms with E-state index in [4.69, 9.17) is 17.3 Å². The lowest BCUT2D eigenvalue weighted by molar-refractivity contribution is -0.136. The van der Waals surface area contributed by atoms with Crippen LogP contribution in [0.2, 0.25) is 0 Å². The highest BCUT2D eigenvalue weighted by atomic mass is 32.2. The molecule has 0 aliphatic carbocycles. The van der Waals surface area contributed by atoms with E-state index in [1.165, 1.54) is 0 Å². The van der Waals surface area contributed by atoms with E-state index in [9.17, 15) is 14.4 Å². The third-order valence-corrected chi connectivity index (χ3v) is 4.29. The molecule has 0 radical (unpaired) electrons. The number of para-hydroxylation sites is 1. The van der Waals surface area contributed by atoms with Gasteiger partial charge in [0.05, 0.1) is 16.2 Å². The van der Waals surface area contributed by atoms with E-state index in [0.717, 1.165) is 16.7 Å². The zero-order valence-corrected chi connectivity index (χ0v) is 12.1. The number of carboxylic acid groups (broad SMARTS) is 1. The molecule has 0 atom stereocenters. The number of benzene rings is 1. The molecule has 0 saturated carbocycles. The van der Waals surface area contributed by atoms with Gasteiger partial charge in [-0.3, -0.25) is 19.3 Å². The van der Waals surface area contributed by atoms with Gasteiger partial charge in [-0.05, 0) is 6.07 Å². The molecule has 3 rings (SSSR count). The quantitative estimate of drug-likeness (QED) is 0.624. The zero-order chi connectivity index (χ0) is 15.1. The van der Waals surface area contributed by atoms with Crippen LogP contribution in [0.1, 0.15) is 5.56 Å². The van der Waals surface area contributed by atoms with Crippen molar-refractivity contribution < 1.29 is 19.5 Å². The van der Waals surface area contributed by atoms with Crippen molar-refractivity contribution >= 4 is 57.3 Å². The summed E-state index contributed by atoms with van der Waals surface area (Å²) in [4.78, 5) is 36.7. The van der Waals surface area contributed by atoms with Gasteiger partial charge in [0.15, 0.2) is 0 Å². The first-order valence-electron chi connectivity index (χ1n) is 5.89. The van der Waals surface area contributed by atoms with E-state index < -0.39 is 24.3 Å². The molecule has 0 aromatic heterocycles. The molecule has 1 saturated heterocycles. The Morgan fingerprint density at radius 2 is 2.05 bits per heavy atom. The molecular weight excluding hydrogens is 312 g/mol. The van der Waals surface area contributed by atoms with Crippen molar-refractivity contribution in [1.29, 1.82) is 0 Å². The Bertz CT molecular complexity index is 741. The maximum absolute atomic E-state index is 12.5. The number of hydrogen-bond donors (Lipinski definition) is 2. The summed E-state index contributed by atoms with van der Waals surface area (Å²) in [5, 5.41) is 11.4. The highest BCUT2D eigenvalue weighted by Gasteiger charge is 2.39. The van der Waals surface area contributed by atoms with Crippen LogP contribution < -0.4 is 10.2 Å². The van der Waals surface area contributed by atoms with Crippen LogP contribution in [0.5, 0.6) is 0 Å². The van der Waals surface area contributed by atoms with Gasteiger partial charge in [-0.2, -0.15) is 0 Å². The second kappa shape index (κ2) is 4.97. The van der Waals surface area contributed by atoms with Gasteiger partial charge in [0.1, 0.15) is 10.9 Å². The second-order valence-electron chi connectivity index (χ2n) is 4.35. The van der Waals surface area contributed by atoms with Gasteiger partial charge in [-0.25, -0.2) is 0 Å². The number of amides is 2. The second-order valence-corrected chi connectivity index (χ2v) is 6.04. The molecule has 106 valence electrons. The Labute approximate surface area is 128 Å². The Morgan fingerprint density at radius 3 is 2.67 bits per heavy atom. The SMILES string of the molecule is O=C(O)CN1C(=O)/C(=C2/SC(=S)NC2=O)c2ccccc21. The number of rotatable bonds is 2. The average molecular weight is 320 g/mol. The molecule has 2 aliphatic rings. The predicted molar refractivity (Wildman–Crippen MR) is 81.7 cm³/mol. The fraction of sp³-hybridized carbons (Fsp3) is 0.0769. The standard InChI is InChI=1S/C13H8N2O4S2/c16-8(17)5-15-7-4-2-1-3-6(7)9(12(15)19)10-11(18)14-13(20)21-10/h1-4H,5H2,(H,16,17)(H,14,18,20)/b10-9+. The molecule has 0 spiro atoms. The molecule has 0 unspecified atom stereocenters. The van der Waals surface area contributed by atoms with Gasteiger partial charge < -0.3 is 10.4 Å². The van der Waals surface area contributed by atoms with E-state index >= 15 is 0 Å². The lowest BCUT2D eigenvalue weighted by Gasteiger charge is -2.13. The Balaban J connectivity index is 2.18. The Kier molecular flexibility index (Phi) is 3.26. The summed E-state index contributed by atoms with van der Waals surface area (Å²) in [5.74, 6) is -2.05. The van der Waals surface area contributed by atoms with Crippen LogP contribution in [0.4, 0.5) is 5.69 Å².